The Hall–Kier alpha value is -13.3. The number of amides is 3. The summed E-state index contributed by atoms with van der Waals surface area (Å²) in [5.41, 5.74) is 28.2. The van der Waals surface area contributed by atoms with Gasteiger partial charge in [-0.25, -0.2) is 34.7 Å². The van der Waals surface area contributed by atoms with Gasteiger partial charge in [0.15, 0.2) is 16.9 Å². The number of pyridine rings is 3. The average molecular weight is 1670 g/mol. The maximum absolute atomic E-state index is 12.8. The summed E-state index contributed by atoms with van der Waals surface area (Å²) in [6, 6.07) is 83.8. The van der Waals surface area contributed by atoms with E-state index in [-0.39, 0.29) is 11.9 Å². The van der Waals surface area contributed by atoms with Gasteiger partial charge in [0.1, 0.15) is 34.0 Å². The first-order valence-corrected chi connectivity index (χ1v) is 43.9. The van der Waals surface area contributed by atoms with Crippen molar-refractivity contribution in [2.45, 2.75) is 127 Å². The summed E-state index contributed by atoms with van der Waals surface area (Å²) in [7, 11) is 0. The Labute approximate surface area is 725 Å². The normalized spacial score (nSPS) is 12.2. The Balaban J connectivity index is 0.000000137. The van der Waals surface area contributed by atoms with Crippen LogP contribution in [-0.4, -0.2) is 114 Å². The smallest absolute Gasteiger partial charge is 0.315 e. The predicted octanol–water partition coefficient (Wildman–Crippen LogP) is 20.0. The molecule has 0 radical (unpaired) electrons. The van der Waals surface area contributed by atoms with Crippen molar-refractivity contribution in [2.24, 2.45) is 0 Å². The van der Waals surface area contributed by atoms with Crippen LogP contribution in [-0.2, 0) is 76.1 Å². The third-order valence-electron chi connectivity index (χ3n) is 22.4. The largest absolute Gasteiger partial charge is 0.379 e. The molecule has 3 amide bonds. The van der Waals surface area contributed by atoms with Gasteiger partial charge in [-0.2, -0.15) is 5.21 Å². The number of fused-ring (bicyclic) bond motifs is 3. The number of tetrazole rings is 1. The highest BCUT2D eigenvalue weighted by atomic mass is 32.1. The number of ether oxygens (including phenoxy) is 1. The number of H-pyrrole nitrogens is 1. The highest BCUT2D eigenvalue weighted by Crippen LogP contribution is 2.40. The molecule has 0 aliphatic carbocycles. The van der Waals surface area contributed by atoms with Crippen molar-refractivity contribution < 1.29 is 14.3 Å². The van der Waals surface area contributed by atoms with Gasteiger partial charge in [-0.3, -0.25) is 9.69 Å². The molecule has 0 spiro atoms. The van der Waals surface area contributed by atoms with Crippen molar-refractivity contribution in [3.8, 4) is 55.2 Å². The maximum atomic E-state index is 12.8. The van der Waals surface area contributed by atoms with Crippen molar-refractivity contribution in [1.82, 2.24) is 85.1 Å². The molecule has 17 aromatic rings. The molecule has 0 saturated carbocycles. The quantitative estimate of drug-likeness (QED) is 0.0396. The zero-order valence-electron chi connectivity index (χ0n) is 70.8. The fourth-order valence-electron chi connectivity index (χ4n) is 16.1. The maximum Gasteiger partial charge on any atom is 0.315 e. The van der Waals surface area contributed by atoms with E-state index in [9.17, 15) is 9.59 Å². The topological polar surface area (TPSA) is 229 Å². The standard InChI is InChI=1S/C39H39N5O.C34H37N5O2S.C28H25N7S/c1-4-36-43-37-27(2)23-28(3)42-38(37)44(36)26-30-15-17-32(18-16-30)35-24-33(31-13-9-6-10-14-31)19-20-34(35)25-41-39(45)40-22-21-29-11-7-5-8-12-29;1-4-31-37-32-23(2)18-24(3)36-33(32)39(31)21-25-10-12-26(13-11-25)29-19-28(22-38-14-16-41-17-15-38)42-30(29)20-35-34(40)27-8-6-5-7-9-27;1-3-24-30-25-18(2)13-14-29-28(25)35(24)17-20-9-11-21(12-10-20)23-16-22(15-19-7-5-4-6-8-19)36-26(23)27-31-33-34-32-27/h5-20,23-24H,4,21-22,25-26H2,1-3H3,(H2,40,41,45);5-13,18-19H,4,14-17,20-22H2,1-3H3,(H,35,40);4-14,16H,3,15,17H2,1-2H3,(H,31,32,33,34). The summed E-state index contributed by atoms with van der Waals surface area (Å²) < 4.78 is 12.3. The van der Waals surface area contributed by atoms with E-state index in [0.717, 1.165) is 201 Å². The summed E-state index contributed by atoms with van der Waals surface area (Å²) in [4.78, 5) is 61.7. The lowest BCUT2D eigenvalue weighted by atomic mass is 9.94. The first-order valence-electron chi connectivity index (χ1n) is 42.3. The number of thiophene rings is 2. The number of benzene rings is 8. The zero-order valence-corrected chi connectivity index (χ0v) is 72.5. The number of hydrogen-bond acceptors (Lipinski definition) is 15. The number of morpholine rings is 1. The van der Waals surface area contributed by atoms with Gasteiger partial charge in [-0.15, -0.1) is 32.9 Å². The van der Waals surface area contributed by atoms with Crippen molar-refractivity contribution in [3.63, 3.8) is 0 Å². The molecule has 9 aromatic heterocycles. The average Bonchev–Trinajstić information content (AvgIpc) is 1.67. The fourth-order valence-corrected chi connectivity index (χ4v) is 18.4. The van der Waals surface area contributed by atoms with E-state index < -0.39 is 0 Å². The van der Waals surface area contributed by atoms with Gasteiger partial charge in [0, 0.05) is 102 Å². The van der Waals surface area contributed by atoms with Gasteiger partial charge in [0.2, 0.25) is 5.82 Å². The Morgan fingerprint density at radius 3 is 1.52 bits per heavy atom. The van der Waals surface area contributed by atoms with Crippen LogP contribution in [0.15, 0.2) is 249 Å². The number of aryl methyl sites for hydroxylation is 8. The van der Waals surface area contributed by atoms with Crippen molar-refractivity contribution in [2.75, 3.05) is 32.8 Å². The summed E-state index contributed by atoms with van der Waals surface area (Å²) in [5, 5.41) is 24.1. The number of hydrogen-bond donors (Lipinski definition) is 4. The number of urea groups is 1. The fraction of sp³-hybridized carbons (Fsp3) is 0.238. The number of carbonyl (C=O) groups excluding carboxylic acids is 2. The molecule has 0 atom stereocenters. The second-order valence-corrected chi connectivity index (χ2v) is 33.6. The highest BCUT2D eigenvalue weighted by Gasteiger charge is 2.23. The summed E-state index contributed by atoms with van der Waals surface area (Å²) in [6.07, 6.45) is 6.08. The predicted molar refractivity (Wildman–Crippen MR) is 495 cm³/mol. The minimum Gasteiger partial charge on any atom is -0.379 e. The van der Waals surface area contributed by atoms with Crippen LogP contribution in [0.4, 0.5) is 4.79 Å². The van der Waals surface area contributed by atoms with Crippen LogP contribution >= 0.6 is 22.7 Å². The number of aromatic nitrogens is 13. The number of carbonyl (C=O) groups is 2. The van der Waals surface area contributed by atoms with Gasteiger partial charge in [-0.1, -0.05) is 215 Å². The molecule has 0 unspecified atom stereocenters. The van der Waals surface area contributed by atoms with Crippen molar-refractivity contribution in [3.05, 3.63) is 348 Å². The number of aromatic amines is 1. The number of nitrogens with zero attached hydrogens (tertiary/aromatic N) is 13. The molecule has 0 bridgehead atoms. The van der Waals surface area contributed by atoms with Gasteiger partial charge < -0.3 is 34.4 Å². The van der Waals surface area contributed by atoms with E-state index in [4.69, 9.17) is 29.7 Å². The van der Waals surface area contributed by atoms with Crippen LogP contribution in [0.2, 0.25) is 0 Å². The van der Waals surface area contributed by atoms with Crippen LogP contribution < -0.4 is 16.0 Å². The highest BCUT2D eigenvalue weighted by molar-refractivity contribution is 7.16. The Bertz CT molecular complexity index is 6460. The molecule has 620 valence electrons. The third kappa shape index (κ3) is 20.0. The minimum absolute atomic E-state index is 0.0570. The molecule has 22 heteroatoms. The molecule has 1 saturated heterocycles. The van der Waals surface area contributed by atoms with Crippen LogP contribution in [0.1, 0.15) is 125 Å². The summed E-state index contributed by atoms with van der Waals surface area (Å²) in [6.45, 7) is 24.8. The monoisotopic (exact) mass is 1660 g/mol. The molecule has 1 fully saturated rings. The molecule has 1 aliphatic heterocycles. The van der Waals surface area contributed by atoms with Gasteiger partial charge in [0.05, 0.1) is 44.3 Å². The number of nitrogens with one attached hydrogen (secondary N) is 4. The Morgan fingerprint density at radius 1 is 0.447 bits per heavy atom. The van der Waals surface area contributed by atoms with E-state index in [0.29, 0.717) is 37.6 Å². The summed E-state index contributed by atoms with van der Waals surface area (Å²) in [5.74, 6) is 3.72. The molecule has 20 nitrogen and oxygen atoms in total. The van der Waals surface area contributed by atoms with E-state index in [1.807, 2.05) is 86.8 Å². The van der Waals surface area contributed by atoms with E-state index >= 15 is 0 Å². The molecule has 18 rings (SSSR count). The molecule has 1 aliphatic rings. The van der Waals surface area contributed by atoms with Crippen LogP contribution in [0.5, 0.6) is 0 Å². The van der Waals surface area contributed by atoms with E-state index in [2.05, 4.69) is 278 Å². The minimum atomic E-state index is -0.169. The number of rotatable bonds is 26. The molecule has 123 heavy (non-hydrogen) atoms. The van der Waals surface area contributed by atoms with Gasteiger partial charge in [-0.05, 0) is 184 Å². The second kappa shape index (κ2) is 39.1. The number of imidazole rings is 3. The van der Waals surface area contributed by atoms with E-state index in [1.54, 1.807) is 22.7 Å². The molecular weight excluding hydrogens is 1560 g/mol. The first kappa shape index (κ1) is 83.4. The zero-order chi connectivity index (χ0) is 84.7. The Kier molecular flexibility index (Phi) is 26.5. The first-order chi connectivity index (χ1) is 60.1. The lowest BCUT2D eigenvalue weighted by molar-refractivity contribution is 0.0346. The SMILES string of the molecule is CCc1nc2c(C)cc(C)nc2n1Cc1ccc(-c2cc(-c3ccccc3)ccc2CNC(=O)NCCc2ccccc2)cc1.CCc1nc2c(C)cc(C)nc2n1Cc1ccc(-c2cc(CN3CCOCC3)sc2CNC(=O)c2ccccc2)cc1.CCc1nc2c(C)ccnc2n1Cc1ccc(-c2cc(Cc3ccccc3)sc2-c2nn[nH]n2)cc1. The molecule has 8 aromatic carbocycles. The van der Waals surface area contributed by atoms with Crippen LogP contribution in [0, 0.1) is 34.6 Å². The lowest BCUT2D eigenvalue weighted by Gasteiger charge is -2.25. The summed E-state index contributed by atoms with van der Waals surface area (Å²) >= 11 is 3.50. The molecular formula is C101H101N17O3S2. The second-order valence-electron chi connectivity index (χ2n) is 31.2. The van der Waals surface area contributed by atoms with Gasteiger partial charge in [0.25, 0.3) is 5.91 Å². The van der Waals surface area contributed by atoms with E-state index in [1.165, 1.54) is 53.6 Å². The van der Waals surface area contributed by atoms with Crippen molar-refractivity contribution >= 4 is 68.1 Å². The molecule has 4 N–H and O–H groups in total. The lowest BCUT2D eigenvalue weighted by Crippen LogP contribution is -2.36. The van der Waals surface area contributed by atoms with Gasteiger partial charge >= 0.3 is 6.03 Å². The van der Waals surface area contributed by atoms with Crippen molar-refractivity contribution in [1.29, 1.82) is 0 Å². The Morgan fingerprint density at radius 2 is 0.959 bits per heavy atom. The van der Waals surface area contributed by atoms with Crippen LogP contribution in [0.25, 0.3) is 88.7 Å². The molecule has 10 heterocycles. The third-order valence-corrected chi connectivity index (χ3v) is 24.7. The van der Waals surface area contributed by atoms with Crippen LogP contribution in [0.3, 0.4) is 0 Å².